The Morgan fingerprint density at radius 3 is 2.50 bits per heavy atom. The molecule has 0 aromatic heterocycles. The standard InChI is InChI=1S/C15H17BrN2O3S/c1-15(2,3)13(21)18-14(22)17-11-8-9(4-6-10(11)16)5-7-12(19)20/h4-8H,1-3H3,(H,19,20)(H2,17,18,21,22)/b7-5+. The van der Waals surface area contributed by atoms with Gasteiger partial charge in [0.05, 0.1) is 5.69 Å². The van der Waals surface area contributed by atoms with Crippen LogP contribution in [0.5, 0.6) is 0 Å². The van der Waals surface area contributed by atoms with E-state index in [0.717, 1.165) is 10.5 Å². The van der Waals surface area contributed by atoms with Crippen molar-refractivity contribution in [3.63, 3.8) is 0 Å². The second-order valence-electron chi connectivity index (χ2n) is 5.57. The first-order valence-electron chi connectivity index (χ1n) is 6.42. The maximum absolute atomic E-state index is 11.9. The zero-order valence-corrected chi connectivity index (χ0v) is 14.8. The van der Waals surface area contributed by atoms with Crippen molar-refractivity contribution in [1.82, 2.24) is 5.32 Å². The van der Waals surface area contributed by atoms with Crippen molar-refractivity contribution in [1.29, 1.82) is 0 Å². The maximum atomic E-state index is 11.9. The van der Waals surface area contributed by atoms with Crippen molar-refractivity contribution >= 4 is 56.9 Å². The average molecular weight is 385 g/mol. The Bertz CT molecular complexity index is 636. The van der Waals surface area contributed by atoms with Crippen molar-refractivity contribution in [3.05, 3.63) is 34.3 Å². The molecule has 0 fully saturated rings. The van der Waals surface area contributed by atoms with Gasteiger partial charge in [-0.2, -0.15) is 0 Å². The minimum absolute atomic E-state index is 0.181. The number of amides is 1. The second kappa shape index (κ2) is 7.51. The Morgan fingerprint density at radius 1 is 1.32 bits per heavy atom. The maximum Gasteiger partial charge on any atom is 0.328 e. The van der Waals surface area contributed by atoms with Crippen LogP contribution in [0.25, 0.3) is 6.08 Å². The van der Waals surface area contributed by atoms with Crippen molar-refractivity contribution in [2.75, 3.05) is 5.32 Å². The lowest BCUT2D eigenvalue weighted by atomic mass is 9.96. The van der Waals surface area contributed by atoms with E-state index in [9.17, 15) is 9.59 Å². The molecule has 3 N–H and O–H groups in total. The number of benzene rings is 1. The molecular formula is C15H17BrN2O3S. The minimum Gasteiger partial charge on any atom is -0.478 e. The van der Waals surface area contributed by atoms with Crippen LogP contribution >= 0.6 is 28.1 Å². The van der Waals surface area contributed by atoms with Crippen LogP contribution in [0.3, 0.4) is 0 Å². The number of hydrogen-bond acceptors (Lipinski definition) is 3. The number of carboxylic acid groups (broad SMARTS) is 1. The Labute approximate surface area is 142 Å². The van der Waals surface area contributed by atoms with Crippen molar-refractivity contribution in [3.8, 4) is 0 Å². The predicted octanol–water partition coefficient (Wildman–Crippen LogP) is 3.41. The Balaban J connectivity index is 2.84. The molecule has 0 aliphatic carbocycles. The van der Waals surface area contributed by atoms with Crippen LogP contribution < -0.4 is 10.6 Å². The molecule has 0 heterocycles. The molecule has 0 unspecified atom stereocenters. The van der Waals surface area contributed by atoms with E-state index in [2.05, 4.69) is 26.6 Å². The third-order valence-electron chi connectivity index (χ3n) is 2.57. The molecule has 0 saturated carbocycles. The van der Waals surface area contributed by atoms with Crippen molar-refractivity contribution in [2.45, 2.75) is 20.8 Å². The lowest BCUT2D eigenvalue weighted by Gasteiger charge is -2.19. The van der Waals surface area contributed by atoms with Gasteiger partial charge in [-0.3, -0.25) is 4.79 Å². The molecule has 118 valence electrons. The molecule has 0 radical (unpaired) electrons. The van der Waals surface area contributed by atoms with Crippen molar-refractivity contribution in [2.24, 2.45) is 5.41 Å². The van der Waals surface area contributed by atoms with E-state index in [0.29, 0.717) is 11.3 Å². The predicted molar refractivity (Wildman–Crippen MR) is 94.6 cm³/mol. The largest absolute Gasteiger partial charge is 0.478 e. The Hall–Kier alpha value is -1.73. The summed E-state index contributed by atoms with van der Waals surface area (Å²) in [4.78, 5) is 22.4. The lowest BCUT2D eigenvalue weighted by Crippen LogP contribution is -2.41. The summed E-state index contributed by atoms with van der Waals surface area (Å²) in [6, 6.07) is 5.24. The zero-order chi connectivity index (χ0) is 16.9. The highest BCUT2D eigenvalue weighted by molar-refractivity contribution is 9.10. The zero-order valence-electron chi connectivity index (χ0n) is 12.4. The van der Waals surface area contributed by atoms with Gasteiger partial charge in [-0.15, -0.1) is 0 Å². The van der Waals surface area contributed by atoms with Crippen LogP contribution in [0.4, 0.5) is 5.69 Å². The third kappa shape index (κ3) is 5.95. The van der Waals surface area contributed by atoms with E-state index in [1.165, 1.54) is 6.08 Å². The second-order valence-corrected chi connectivity index (χ2v) is 6.83. The van der Waals surface area contributed by atoms with Crippen molar-refractivity contribution < 1.29 is 14.7 Å². The number of rotatable bonds is 3. The molecule has 0 spiro atoms. The average Bonchev–Trinajstić information content (AvgIpc) is 2.38. The highest BCUT2D eigenvalue weighted by atomic mass is 79.9. The fourth-order valence-electron chi connectivity index (χ4n) is 1.35. The number of aliphatic carboxylic acids is 1. The summed E-state index contributed by atoms with van der Waals surface area (Å²) in [5.41, 5.74) is 0.777. The summed E-state index contributed by atoms with van der Waals surface area (Å²) < 4.78 is 0.743. The van der Waals surface area contributed by atoms with E-state index in [1.54, 1.807) is 39.0 Å². The fraction of sp³-hybridized carbons (Fsp3) is 0.267. The van der Waals surface area contributed by atoms with Gasteiger partial charge in [0, 0.05) is 16.0 Å². The molecule has 1 amide bonds. The third-order valence-corrected chi connectivity index (χ3v) is 3.46. The van der Waals surface area contributed by atoms with E-state index < -0.39 is 11.4 Å². The van der Waals surface area contributed by atoms with Gasteiger partial charge in [0.1, 0.15) is 0 Å². The van der Waals surface area contributed by atoms with E-state index in [4.69, 9.17) is 17.3 Å². The van der Waals surface area contributed by atoms with E-state index >= 15 is 0 Å². The summed E-state index contributed by atoms with van der Waals surface area (Å²) in [6.45, 7) is 5.37. The van der Waals surface area contributed by atoms with Crippen LogP contribution in [-0.2, 0) is 9.59 Å². The number of carboxylic acids is 1. The lowest BCUT2D eigenvalue weighted by molar-refractivity contribution is -0.131. The summed E-state index contributed by atoms with van der Waals surface area (Å²) in [6.07, 6.45) is 2.52. The van der Waals surface area contributed by atoms with E-state index in [-0.39, 0.29) is 11.0 Å². The monoisotopic (exact) mass is 384 g/mol. The molecule has 22 heavy (non-hydrogen) atoms. The summed E-state index contributed by atoms with van der Waals surface area (Å²) >= 11 is 8.48. The fourth-order valence-corrected chi connectivity index (χ4v) is 1.90. The van der Waals surface area contributed by atoms with Gasteiger partial charge in [0.15, 0.2) is 5.11 Å². The van der Waals surface area contributed by atoms with E-state index in [1.807, 2.05) is 0 Å². The summed E-state index contributed by atoms with van der Waals surface area (Å²) in [7, 11) is 0. The molecule has 1 aromatic rings. The number of thiocarbonyl (C=S) groups is 1. The molecule has 0 aliphatic heterocycles. The number of halogens is 1. The van der Waals surface area contributed by atoms with Gasteiger partial charge in [0.25, 0.3) is 0 Å². The number of nitrogens with one attached hydrogen (secondary N) is 2. The first-order valence-corrected chi connectivity index (χ1v) is 7.62. The van der Waals surface area contributed by atoms with Gasteiger partial charge >= 0.3 is 5.97 Å². The molecule has 1 rings (SSSR count). The SMILES string of the molecule is CC(C)(C)C(=O)NC(=S)Nc1cc(/C=C/C(=O)O)ccc1Br. The Kier molecular flexibility index (Phi) is 6.25. The van der Waals surface area contributed by atoms with Gasteiger partial charge < -0.3 is 15.7 Å². The highest BCUT2D eigenvalue weighted by Gasteiger charge is 2.22. The number of carbonyl (C=O) groups is 2. The molecule has 0 bridgehead atoms. The van der Waals surface area contributed by atoms with Crippen LogP contribution in [0.2, 0.25) is 0 Å². The topological polar surface area (TPSA) is 78.4 Å². The summed E-state index contributed by atoms with van der Waals surface area (Å²) in [5.74, 6) is -1.21. The van der Waals surface area contributed by atoms with Crippen LogP contribution in [-0.4, -0.2) is 22.1 Å². The van der Waals surface area contributed by atoms with Gasteiger partial charge in [-0.25, -0.2) is 4.79 Å². The Morgan fingerprint density at radius 2 is 1.95 bits per heavy atom. The smallest absolute Gasteiger partial charge is 0.328 e. The number of carbonyl (C=O) groups excluding carboxylic acids is 1. The molecule has 7 heteroatoms. The van der Waals surface area contributed by atoms with Crippen LogP contribution in [0.1, 0.15) is 26.3 Å². The van der Waals surface area contributed by atoms with Gasteiger partial charge in [-0.05, 0) is 51.9 Å². The molecular weight excluding hydrogens is 368 g/mol. The first kappa shape index (κ1) is 18.3. The first-order chi connectivity index (χ1) is 10.1. The molecule has 0 aliphatic rings. The quantitative estimate of drug-likeness (QED) is 0.549. The van der Waals surface area contributed by atoms with Gasteiger partial charge in [0.2, 0.25) is 5.91 Å². The minimum atomic E-state index is -1.02. The number of hydrogen-bond donors (Lipinski definition) is 3. The molecule has 1 aromatic carbocycles. The van der Waals surface area contributed by atoms with Crippen LogP contribution in [0, 0.1) is 5.41 Å². The summed E-state index contributed by atoms with van der Waals surface area (Å²) in [5, 5.41) is 14.3. The molecule has 5 nitrogen and oxygen atoms in total. The normalized spacial score (nSPS) is 11.3. The number of anilines is 1. The molecule has 0 saturated heterocycles. The highest BCUT2D eigenvalue weighted by Crippen LogP contribution is 2.24. The van der Waals surface area contributed by atoms with Crippen LogP contribution in [0.15, 0.2) is 28.7 Å². The van der Waals surface area contributed by atoms with Gasteiger partial charge in [-0.1, -0.05) is 26.8 Å². The molecule has 0 atom stereocenters.